The molecule has 182 valence electrons. The molecule has 9 heteroatoms. The van der Waals surface area contributed by atoms with E-state index in [1.807, 2.05) is 13.0 Å². The van der Waals surface area contributed by atoms with Gasteiger partial charge in [-0.3, -0.25) is 4.79 Å². The predicted octanol–water partition coefficient (Wildman–Crippen LogP) is 6.07. The molecule has 1 amide bonds. The van der Waals surface area contributed by atoms with Crippen molar-refractivity contribution in [1.82, 2.24) is 4.90 Å². The van der Waals surface area contributed by atoms with E-state index in [4.69, 9.17) is 32.4 Å². The Balaban J connectivity index is 1.76. The predicted molar refractivity (Wildman–Crippen MR) is 131 cm³/mol. The molecule has 1 fully saturated rings. The van der Waals surface area contributed by atoms with Crippen LogP contribution in [0, 0.1) is 6.92 Å². The maximum absolute atomic E-state index is 13.5. The minimum Gasteiger partial charge on any atom is -0.490 e. The second kappa shape index (κ2) is 11.6. The van der Waals surface area contributed by atoms with Crippen LogP contribution in [-0.2, 0) is 16.4 Å². The van der Waals surface area contributed by atoms with E-state index in [1.54, 1.807) is 11.0 Å². The molecular formula is C24H31Cl2NO5S. The summed E-state index contributed by atoms with van der Waals surface area (Å²) in [5, 5.41) is 0.513. The summed E-state index contributed by atoms with van der Waals surface area (Å²) in [4.78, 5) is 15.0. The van der Waals surface area contributed by atoms with Crippen LogP contribution in [0.5, 0.6) is 5.75 Å². The number of unbranched alkanes of at least 4 members (excludes halogenated alkanes) is 4. The lowest BCUT2D eigenvalue weighted by Crippen LogP contribution is -2.40. The third-order valence-corrected chi connectivity index (χ3v) is 8.08. The number of hydrogen-bond acceptors (Lipinski definition) is 5. The van der Waals surface area contributed by atoms with Crippen molar-refractivity contribution in [2.45, 2.75) is 65.0 Å². The highest BCUT2D eigenvalue weighted by Crippen LogP contribution is 2.35. The first-order valence-corrected chi connectivity index (χ1v) is 14.0. The zero-order valence-electron chi connectivity index (χ0n) is 19.1. The van der Waals surface area contributed by atoms with Crippen molar-refractivity contribution >= 4 is 38.9 Å². The SMILES string of the molecule is CCCCCCCOc1c(Cl)cc(C(=O)N(Cc2ccc(C)o2)C2CCS(=O)(=O)C2)cc1Cl. The topological polar surface area (TPSA) is 76.8 Å². The number of hydrogen-bond donors (Lipinski definition) is 0. The molecule has 1 aromatic heterocycles. The molecule has 3 rings (SSSR count). The fourth-order valence-corrected chi connectivity index (χ4v) is 6.32. The van der Waals surface area contributed by atoms with Crippen LogP contribution in [0.1, 0.15) is 67.3 Å². The van der Waals surface area contributed by atoms with Gasteiger partial charge in [0.2, 0.25) is 0 Å². The maximum atomic E-state index is 13.5. The highest BCUT2D eigenvalue weighted by atomic mass is 35.5. The van der Waals surface area contributed by atoms with Crippen LogP contribution < -0.4 is 4.74 Å². The summed E-state index contributed by atoms with van der Waals surface area (Å²) in [7, 11) is -3.18. The van der Waals surface area contributed by atoms with E-state index < -0.39 is 15.9 Å². The van der Waals surface area contributed by atoms with Crippen LogP contribution in [0.15, 0.2) is 28.7 Å². The fourth-order valence-electron chi connectivity index (χ4n) is 3.99. The van der Waals surface area contributed by atoms with Gasteiger partial charge in [-0.2, -0.15) is 0 Å². The van der Waals surface area contributed by atoms with E-state index in [1.165, 1.54) is 25.0 Å². The van der Waals surface area contributed by atoms with Gasteiger partial charge in [0.05, 0.1) is 34.7 Å². The summed E-state index contributed by atoms with van der Waals surface area (Å²) < 4.78 is 35.6. The molecule has 0 saturated carbocycles. The lowest BCUT2D eigenvalue weighted by molar-refractivity contribution is 0.0665. The Morgan fingerprint density at radius 3 is 2.42 bits per heavy atom. The Kier molecular flexibility index (Phi) is 9.13. The molecule has 1 unspecified atom stereocenters. The third kappa shape index (κ3) is 7.14. The molecule has 0 radical (unpaired) electrons. The smallest absolute Gasteiger partial charge is 0.254 e. The monoisotopic (exact) mass is 515 g/mol. The summed E-state index contributed by atoms with van der Waals surface area (Å²) >= 11 is 12.8. The number of halogens is 2. The van der Waals surface area contributed by atoms with Crippen molar-refractivity contribution in [3.05, 3.63) is 51.4 Å². The van der Waals surface area contributed by atoms with Gasteiger partial charge in [0, 0.05) is 11.6 Å². The van der Waals surface area contributed by atoms with Gasteiger partial charge in [0.15, 0.2) is 15.6 Å². The molecule has 2 aromatic rings. The van der Waals surface area contributed by atoms with Gasteiger partial charge in [-0.05, 0) is 44.0 Å². The average molecular weight is 516 g/mol. The zero-order valence-corrected chi connectivity index (χ0v) is 21.4. The number of aryl methyl sites for hydroxylation is 1. The second-order valence-corrected chi connectivity index (χ2v) is 11.6. The zero-order chi connectivity index (χ0) is 24.0. The van der Waals surface area contributed by atoms with E-state index in [-0.39, 0.29) is 39.6 Å². The van der Waals surface area contributed by atoms with Gasteiger partial charge >= 0.3 is 0 Å². The van der Waals surface area contributed by atoms with Crippen molar-refractivity contribution < 1.29 is 22.4 Å². The number of furan rings is 1. The second-order valence-electron chi connectivity index (χ2n) is 8.53. The Hall–Kier alpha value is -1.70. The van der Waals surface area contributed by atoms with E-state index in [9.17, 15) is 13.2 Å². The minimum absolute atomic E-state index is 0.0607. The highest BCUT2D eigenvalue weighted by molar-refractivity contribution is 7.91. The molecule has 1 saturated heterocycles. The fraction of sp³-hybridized carbons (Fsp3) is 0.542. The van der Waals surface area contributed by atoms with Crippen molar-refractivity contribution in [2.75, 3.05) is 18.1 Å². The molecule has 0 N–H and O–H groups in total. The van der Waals surface area contributed by atoms with Crippen molar-refractivity contribution in [1.29, 1.82) is 0 Å². The van der Waals surface area contributed by atoms with Gasteiger partial charge in [-0.1, -0.05) is 55.8 Å². The van der Waals surface area contributed by atoms with Crippen molar-refractivity contribution in [3.8, 4) is 5.75 Å². The van der Waals surface area contributed by atoms with Crippen molar-refractivity contribution in [2.24, 2.45) is 0 Å². The molecule has 0 spiro atoms. The normalized spacial score (nSPS) is 17.3. The molecule has 0 aliphatic carbocycles. The summed E-state index contributed by atoms with van der Waals surface area (Å²) in [6.07, 6.45) is 5.90. The molecule has 1 aliphatic rings. The van der Waals surface area contributed by atoms with Gasteiger partial charge < -0.3 is 14.1 Å². The number of amides is 1. The van der Waals surface area contributed by atoms with E-state index in [0.29, 0.717) is 24.5 Å². The molecule has 1 aromatic carbocycles. The number of nitrogens with zero attached hydrogens (tertiary/aromatic N) is 1. The first kappa shape index (κ1) is 25.9. The third-order valence-electron chi connectivity index (χ3n) is 5.77. The standard InChI is InChI=1S/C24H31Cl2NO5S/c1-3-4-5-6-7-11-31-23-21(25)13-18(14-22(23)26)24(28)27(15-20-9-8-17(2)32-20)19-10-12-33(29,30)16-19/h8-9,13-14,19H,3-7,10-12,15-16H2,1-2H3. The summed E-state index contributed by atoms with van der Waals surface area (Å²) in [6.45, 7) is 4.65. The number of carbonyl (C=O) groups is 1. The van der Waals surface area contributed by atoms with Crippen LogP contribution >= 0.6 is 23.2 Å². The number of benzene rings is 1. The molecule has 1 atom stereocenters. The first-order chi connectivity index (χ1) is 15.7. The quantitative estimate of drug-likeness (QED) is 0.339. The molecule has 33 heavy (non-hydrogen) atoms. The van der Waals surface area contributed by atoms with Crippen molar-refractivity contribution in [3.63, 3.8) is 0 Å². The Labute approximate surface area is 206 Å². The average Bonchev–Trinajstić information content (AvgIpc) is 3.33. The van der Waals surface area contributed by atoms with Gasteiger partial charge in [-0.25, -0.2) is 8.42 Å². The highest BCUT2D eigenvalue weighted by Gasteiger charge is 2.36. The summed E-state index contributed by atoms with van der Waals surface area (Å²) in [5.41, 5.74) is 0.285. The van der Waals surface area contributed by atoms with Crippen LogP contribution in [0.2, 0.25) is 10.0 Å². The molecule has 6 nitrogen and oxygen atoms in total. The molecule has 1 aliphatic heterocycles. The van der Waals surface area contributed by atoms with Crippen LogP contribution in [0.25, 0.3) is 0 Å². The molecule has 0 bridgehead atoms. The lowest BCUT2D eigenvalue weighted by Gasteiger charge is -2.28. The van der Waals surface area contributed by atoms with Gasteiger partial charge in [0.1, 0.15) is 11.5 Å². The number of rotatable bonds is 11. The number of sulfone groups is 1. The lowest BCUT2D eigenvalue weighted by atomic mass is 10.1. The van der Waals surface area contributed by atoms with Crippen LogP contribution in [0.4, 0.5) is 0 Å². The summed E-state index contributed by atoms with van der Waals surface area (Å²) in [6, 6.07) is 6.23. The van der Waals surface area contributed by atoms with Crippen LogP contribution in [0.3, 0.4) is 0 Å². The Bertz CT molecular complexity index is 1040. The summed E-state index contributed by atoms with van der Waals surface area (Å²) in [5.74, 6) is 1.32. The van der Waals surface area contributed by atoms with E-state index >= 15 is 0 Å². The molecular weight excluding hydrogens is 485 g/mol. The number of ether oxygens (including phenoxy) is 1. The number of carbonyl (C=O) groups excluding carboxylic acids is 1. The Morgan fingerprint density at radius 2 is 1.85 bits per heavy atom. The maximum Gasteiger partial charge on any atom is 0.254 e. The first-order valence-electron chi connectivity index (χ1n) is 11.4. The largest absolute Gasteiger partial charge is 0.490 e. The van der Waals surface area contributed by atoms with Gasteiger partial charge in [-0.15, -0.1) is 0 Å². The van der Waals surface area contributed by atoms with E-state index in [2.05, 4.69) is 6.92 Å². The molecule has 2 heterocycles. The van der Waals surface area contributed by atoms with Crippen LogP contribution in [-0.4, -0.2) is 43.4 Å². The minimum atomic E-state index is -3.18. The van der Waals surface area contributed by atoms with Gasteiger partial charge in [0.25, 0.3) is 5.91 Å². The van der Waals surface area contributed by atoms with E-state index in [0.717, 1.165) is 25.0 Å². The Morgan fingerprint density at radius 1 is 1.15 bits per heavy atom.